The number of rotatable bonds is 7. The normalized spacial score (nSPS) is 10.4. The fourth-order valence-electron chi connectivity index (χ4n) is 2.88. The van der Waals surface area contributed by atoms with Crippen molar-refractivity contribution in [1.29, 1.82) is 0 Å². The third kappa shape index (κ3) is 3.72. The van der Waals surface area contributed by atoms with E-state index in [1.807, 2.05) is 0 Å². The number of benzene rings is 2. The summed E-state index contributed by atoms with van der Waals surface area (Å²) in [5, 5.41) is 18.2. The van der Waals surface area contributed by atoms with Crippen molar-refractivity contribution in [3.05, 3.63) is 51.9 Å². The molecule has 0 unspecified atom stereocenters. The molecule has 0 saturated heterocycles. The van der Waals surface area contributed by atoms with Gasteiger partial charge in [0.05, 0.1) is 31.9 Å². The van der Waals surface area contributed by atoms with Crippen LogP contribution in [0.25, 0.3) is 11.4 Å². The van der Waals surface area contributed by atoms with Gasteiger partial charge in [-0.05, 0) is 12.1 Å². The summed E-state index contributed by atoms with van der Waals surface area (Å²) in [5.74, 6) is -0.255. The number of para-hydroxylation sites is 1. The molecule has 2 aromatic carbocycles. The predicted molar refractivity (Wildman–Crippen MR) is 105 cm³/mol. The lowest BCUT2D eigenvalue weighted by atomic mass is 10.1. The smallest absolute Gasteiger partial charge is 0.327 e. The zero-order valence-electron chi connectivity index (χ0n) is 16.6. The van der Waals surface area contributed by atoms with Crippen LogP contribution in [0.2, 0.25) is 0 Å². The maximum atomic E-state index is 13.0. The average molecular weight is 414 g/mol. The number of amides is 1. The molecule has 156 valence electrons. The Labute approximate surface area is 170 Å². The Bertz CT molecular complexity index is 1110. The van der Waals surface area contributed by atoms with Gasteiger partial charge in [0.15, 0.2) is 5.75 Å². The molecule has 0 spiro atoms. The summed E-state index contributed by atoms with van der Waals surface area (Å²) >= 11 is 0. The second-order valence-corrected chi connectivity index (χ2v) is 5.94. The summed E-state index contributed by atoms with van der Waals surface area (Å²) in [7, 11) is 3.89. The maximum absolute atomic E-state index is 13.0. The first kappa shape index (κ1) is 20.6. The van der Waals surface area contributed by atoms with Crippen LogP contribution in [-0.4, -0.2) is 42.3 Å². The van der Waals surface area contributed by atoms with Crippen molar-refractivity contribution in [2.24, 2.45) is 0 Å². The summed E-state index contributed by atoms with van der Waals surface area (Å²) in [6.07, 6.45) is 0. The molecule has 1 amide bonds. The van der Waals surface area contributed by atoms with E-state index >= 15 is 0 Å². The summed E-state index contributed by atoms with van der Waals surface area (Å²) < 4.78 is 20.5. The summed E-state index contributed by atoms with van der Waals surface area (Å²) in [5.41, 5.74) is -0.00160. The first-order valence-electron chi connectivity index (χ1n) is 8.59. The predicted octanol–water partition coefficient (Wildman–Crippen LogP) is 3.23. The monoisotopic (exact) mass is 414 g/mol. The van der Waals surface area contributed by atoms with E-state index < -0.39 is 16.5 Å². The number of nitrogens with one attached hydrogen (secondary N) is 1. The van der Waals surface area contributed by atoms with Crippen LogP contribution in [0, 0.1) is 17.0 Å². The van der Waals surface area contributed by atoms with E-state index in [1.165, 1.54) is 27.4 Å². The summed E-state index contributed by atoms with van der Waals surface area (Å²) in [6, 6.07) is 7.94. The minimum atomic E-state index is -0.756. The van der Waals surface area contributed by atoms with Crippen molar-refractivity contribution >= 4 is 17.3 Å². The van der Waals surface area contributed by atoms with Crippen molar-refractivity contribution in [2.45, 2.75) is 6.92 Å². The highest BCUT2D eigenvalue weighted by molar-refractivity contribution is 6.09. The summed E-state index contributed by atoms with van der Waals surface area (Å²) in [6.45, 7) is 1.64. The number of carbonyl (C=O) groups is 1. The molecule has 11 nitrogen and oxygen atoms in total. The maximum Gasteiger partial charge on any atom is 0.327 e. The Kier molecular flexibility index (Phi) is 5.81. The van der Waals surface area contributed by atoms with Crippen molar-refractivity contribution in [3.63, 3.8) is 0 Å². The van der Waals surface area contributed by atoms with E-state index in [4.69, 9.17) is 18.7 Å². The van der Waals surface area contributed by atoms with Gasteiger partial charge in [-0.15, -0.1) is 0 Å². The van der Waals surface area contributed by atoms with Crippen molar-refractivity contribution in [3.8, 4) is 28.6 Å². The number of carbonyl (C=O) groups excluding carboxylic acids is 1. The van der Waals surface area contributed by atoms with E-state index in [2.05, 4.69) is 15.5 Å². The van der Waals surface area contributed by atoms with E-state index in [-0.39, 0.29) is 28.6 Å². The summed E-state index contributed by atoms with van der Waals surface area (Å²) in [4.78, 5) is 28.2. The van der Waals surface area contributed by atoms with Gasteiger partial charge in [-0.1, -0.05) is 17.3 Å². The topological polar surface area (TPSA) is 139 Å². The van der Waals surface area contributed by atoms with Gasteiger partial charge in [0.2, 0.25) is 23.2 Å². The zero-order chi connectivity index (χ0) is 21.8. The van der Waals surface area contributed by atoms with E-state index in [9.17, 15) is 14.9 Å². The molecule has 3 rings (SSSR count). The Hall–Kier alpha value is -4.15. The fourth-order valence-corrected chi connectivity index (χ4v) is 2.88. The van der Waals surface area contributed by atoms with Gasteiger partial charge in [0.25, 0.3) is 5.91 Å². The fraction of sp³-hybridized carbons (Fsp3) is 0.211. The molecule has 0 aliphatic heterocycles. The number of nitrogens with zero attached hydrogens (tertiary/aromatic N) is 3. The number of methoxy groups -OCH3 is 3. The molecule has 30 heavy (non-hydrogen) atoms. The molecule has 1 heterocycles. The molecule has 0 bridgehead atoms. The van der Waals surface area contributed by atoms with Crippen LogP contribution in [0.5, 0.6) is 17.2 Å². The average Bonchev–Trinajstić information content (AvgIpc) is 3.18. The number of nitro groups is 1. The van der Waals surface area contributed by atoms with Gasteiger partial charge < -0.3 is 24.1 Å². The van der Waals surface area contributed by atoms with Crippen LogP contribution in [0.4, 0.5) is 11.4 Å². The number of aryl methyl sites for hydroxylation is 1. The highest BCUT2D eigenvalue weighted by atomic mass is 16.6. The van der Waals surface area contributed by atoms with Crippen molar-refractivity contribution < 1.29 is 28.5 Å². The Morgan fingerprint density at radius 3 is 2.40 bits per heavy atom. The van der Waals surface area contributed by atoms with Crippen LogP contribution in [-0.2, 0) is 0 Å². The van der Waals surface area contributed by atoms with Crippen molar-refractivity contribution in [2.75, 3.05) is 26.6 Å². The lowest BCUT2D eigenvalue weighted by Crippen LogP contribution is -2.16. The number of anilines is 1. The first-order chi connectivity index (χ1) is 14.4. The SMILES string of the molecule is COc1cc(C(=O)Nc2ccccc2-c2noc(C)n2)c([N+](=O)[O-])c(OC)c1OC. The Morgan fingerprint density at radius 2 is 1.83 bits per heavy atom. The third-order valence-corrected chi connectivity index (χ3v) is 4.17. The van der Waals surface area contributed by atoms with E-state index in [0.29, 0.717) is 17.1 Å². The molecule has 0 aliphatic carbocycles. The standard InChI is InChI=1S/C19H18N4O7/c1-10-20-18(22-30-10)11-7-5-6-8-13(11)21-19(24)12-9-14(27-2)16(28-3)17(29-4)15(12)23(25)26/h5-9H,1-4H3,(H,21,24). The second-order valence-electron chi connectivity index (χ2n) is 5.94. The lowest BCUT2D eigenvalue weighted by Gasteiger charge is -2.15. The van der Waals surface area contributed by atoms with Crippen LogP contribution >= 0.6 is 0 Å². The molecule has 0 saturated carbocycles. The van der Waals surface area contributed by atoms with Crippen LogP contribution in [0.15, 0.2) is 34.9 Å². The van der Waals surface area contributed by atoms with Crippen LogP contribution in [0.1, 0.15) is 16.2 Å². The molecule has 0 radical (unpaired) electrons. The number of ether oxygens (including phenoxy) is 3. The molecule has 1 aromatic heterocycles. The lowest BCUT2D eigenvalue weighted by molar-refractivity contribution is -0.386. The number of hydrogen-bond donors (Lipinski definition) is 1. The van der Waals surface area contributed by atoms with Gasteiger partial charge in [-0.3, -0.25) is 14.9 Å². The highest BCUT2D eigenvalue weighted by Crippen LogP contribution is 2.46. The van der Waals surface area contributed by atoms with Gasteiger partial charge in [0.1, 0.15) is 5.56 Å². The van der Waals surface area contributed by atoms with E-state index in [0.717, 1.165) is 0 Å². The zero-order valence-corrected chi connectivity index (χ0v) is 16.6. The minimum Gasteiger partial charge on any atom is -0.493 e. The molecule has 0 fully saturated rings. The Morgan fingerprint density at radius 1 is 1.13 bits per heavy atom. The molecule has 11 heteroatoms. The molecular weight excluding hydrogens is 396 g/mol. The number of hydrogen-bond acceptors (Lipinski definition) is 9. The van der Waals surface area contributed by atoms with E-state index in [1.54, 1.807) is 31.2 Å². The molecule has 3 aromatic rings. The van der Waals surface area contributed by atoms with Crippen LogP contribution < -0.4 is 19.5 Å². The van der Waals surface area contributed by atoms with Gasteiger partial charge in [-0.25, -0.2) is 0 Å². The largest absolute Gasteiger partial charge is 0.493 e. The third-order valence-electron chi connectivity index (χ3n) is 4.17. The highest BCUT2D eigenvalue weighted by Gasteiger charge is 2.32. The van der Waals surface area contributed by atoms with Crippen LogP contribution in [0.3, 0.4) is 0 Å². The molecular formula is C19H18N4O7. The molecule has 0 atom stereocenters. The first-order valence-corrected chi connectivity index (χ1v) is 8.59. The van der Waals surface area contributed by atoms with Gasteiger partial charge in [0, 0.05) is 18.6 Å². The molecule has 1 N–H and O–H groups in total. The quantitative estimate of drug-likeness (QED) is 0.456. The Balaban J connectivity index is 2.10. The van der Waals surface area contributed by atoms with Crippen molar-refractivity contribution in [1.82, 2.24) is 10.1 Å². The second kappa shape index (κ2) is 8.47. The number of nitro benzene ring substituents is 1. The molecule has 0 aliphatic rings. The van der Waals surface area contributed by atoms with Gasteiger partial charge in [-0.2, -0.15) is 4.98 Å². The van der Waals surface area contributed by atoms with Gasteiger partial charge >= 0.3 is 5.69 Å². The minimum absolute atomic E-state index is 0.00548. The number of aromatic nitrogens is 2.